The van der Waals surface area contributed by atoms with Crippen molar-refractivity contribution in [2.45, 2.75) is 110 Å². The van der Waals surface area contributed by atoms with E-state index in [9.17, 15) is 0 Å². The molecule has 0 saturated heterocycles. The number of hydrogen-bond acceptors (Lipinski definition) is 0. The molecule has 0 amide bonds. The molecule has 0 N–H and O–H groups in total. The van der Waals surface area contributed by atoms with E-state index in [0.717, 1.165) is 6.42 Å². The van der Waals surface area contributed by atoms with Gasteiger partial charge in [0.05, 0.1) is 0 Å². The van der Waals surface area contributed by atoms with Crippen molar-refractivity contribution in [1.29, 1.82) is 0 Å². The molecule has 1 aliphatic rings. The Morgan fingerprint density at radius 1 is 0.783 bits per heavy atom. The number of rotatable bonds is 15. The maximum absolute atomic E-state index is 4.04. The van der Waals surface area contributed by atoms with Crippen LogP contribution in [0.5, 0.6) is 0 Å². The average molecular weight is 317 g/mol. The third kappa shape index (κ3) is 10.6. The maximum atomic E-state index is 4.04. The second-order valence-electron chi connectivity index (χ2n) is 7.47. The van der Waals surface area contributed by atoms with Crippen LogP contribution in [0.1, 0.15) is 110 Å². The first kappa shape index (κ1) is 20.3. The van der Waals surface area contributed by atoms with Crippen LogP contribution in [0.2, 0.25) is 0 Å². The monoisotopic (exact) mass is 316 g/mol. The number of unbranched alkanes of at least 4 members (excludes halogenated alkanes) is 12. The van der Waals surface area contributed by atoms with Gasteiger partial charge in [-0.3, -0.25) is 0 Å². The Kier molecular flexibility index (Phi) is 12.0. The number of hydrogen-bond donors (Lipinski definition) is 0. The Morgan fingerprint density at radius 3 is 1.70 bits per heavy atom. The number of allylic oxidation sites excluding steroid dienone is 5. The van der Waals surface area contributed by atoms with E-state index in [1.165, 1.54) is 101 Å². The molecule has 0 spiro atoms. The van der Waals surface area contributed by atoms with Gasteiger partial charge in [0.25, 0.3) is 0 Å². The summed E-state index contributed by atoms with van der Waals surface area (Å²) in [5, 5.41) is 0. The second-order valence-corrected chi connectivity index (χ2v) is 7.47. The molecule has 0 heterocycles. The second kappa shape index (κ2) is 13.6. The molecule has 0 aliphatic heterocycles. The summed E-state index contributed by atoms with van der Waals surface area (Å²) < 4.78 is 0. The smallest absolute Gasteiger partial charge is 0.00616 e. The standard InChI is InChI=1S/C23H40/c1-4-5-6-7-8-9-10-11-12-13-14-15-16-17-22-18-19-23(20-22)21(2)3/h18-19H,2,4-17,20H2,1,3H3. The van der Waals surface area contributed by atoms with E-state index >= 15 is 0 Å². The zero-order chi connectivity index (χ0) is 16.8. The molecular formula is C23H40. The Balaban J connectivity index is 1.78. The van der Waals surface area contributed by atoms with Gasteiger partial charge < -0.3 is 0 Å². The molecule has 23 heavy (non-hydrogen) atoms. The van der Waals surface area contributed by atoms with Gasteiger partial charge in [0, 0.05) is 0 Å². The molecule has 0 radical (unpaired) electrons. The van der Waals surface area contributed by atoms with Crippen LogP contribution in [0, 0.1) is 0 Å². The van der Waals surface area contributed by atoms with Crippen molar-refractivity contribution < 1.29 is 0 Å². The van der Waals surface area contributed by atoms with E-state index in [2.05, 4.69) is 32.6 Å². The van der Waals surface area contributed by atoms with Crippen LogP contribution in [0.3, 0.4) is 0 Å². The third-order valence-electron chi connectivity index (χ3n) is 5.09. The average Bonchev–Trinajstić information content (AvgIpc) is 3.01. The van der Waals surface area contributed by atoms with Gasteiger partial charge in [0.2, 0.25) is 0 Å². The summed E-state index contributed by atoms with van der Waals surface area (Å²) in [6, 6.07) is 0. The summed E-state index contributed by atoms with van der Waals surface area (Å²) in [5.41, 5.74) is 4.29. The predicted molar refractivity (Wildman–Crippen MR) is 106 cm³/mol. The van der Waals surface area contributed by atoms with Gasteiger partial charge in [0.15, 0.2) is 0 Å². The molecule has 0 aromatic rings. The molecule has 0 aromatic heterocycles. The van der Waals surface area contributed by atoms with Crippen molar-refractivity contribution in [2.75, 3.05) is 0 Å². The SMILES string of the molecule is C=C(C)C1=CC=C(CCCCCCCCCCCCCCC)C1. The predicted octanol–water partition coefficient (Wildman–Crippen LogP) is 8.30. The summed E-state index contributed by atoms with van der Waals surface area (Å²) in [7, 11) is 0. The van der Waals surface area contributed by atoms with Crippen LogP contribution in [0.25, 0.3) is 0 Å². The van der Waals surface area contributed by atoms with Crippen LogP contribution < -0.4 is 0 Å². The van der Waals surface area contributed by atoms with E-state index < -0.39 is 0 Å². The van der Waals surface area contributed by atoms with E-state index in [0.29, 0.717) is 0 Å². The van der Waals surface area contributed by atoms with Crippen LogP contribution in [-0.2, 0) is 0 Å². The summed E-state index contributed by atoms with van der Waals surface area (Å²) in [5.74, 6) is 0. The molecule has 0 nitrogen and oxygen atoms in total. The Labute approximate surface area is 146 Å². The maximum Gasteiger partial charge on any atom is -0.00616 e. The van der Waals surface area contributed by atoms with Crippen LogP contribution in [-0.4, -0.2) is 0 Å². The van der Waals surface area contributed by atoms with Crippen molar-refractivity contribution in [3.05, 3.63) is 35.5 Å². The Morgan fingerprint density at radius 2 is 1.26 bits per heavy atom. The molecule has 0 bridgehead atoms. The molecule has 0 aromatic carbocycles. The zero-order valence-electron chi connectivity index (χ0n) is 16.0. The largest absolute Gasteiger partial charge is 0.0958 e. The lowest BCUT2D eigenvalue weighted by molar-refractivity contribution is 0.539. The minimum Gasteiger partial charge on any atom is -0.0958 e. The molecule has 0 heteroatoms. The Bertz CT molecular complexity index is 369. The van der Waals surface area contributed by atoms with E-state index in [1.807, 2.05) is 0 Å². The highest BCUT2D eigenvalue weighted by atomic mass is 14.1. The summed E-state index contributed by atoms with van der Waals surface area (Å²) >= 11 is 0. The molecule has 1 aliphatic carbocycles. The molecular weight excluding hydrogens is 276 g/mol. The van der Waals surface area contributed by atoms with E-state index in [1.54, 1.807) is 5.57 Å². The highest BCUT2D eigenvalue weighted by Gasteiger charge is 2.08. The van der Waals surface area contributed by atoms with Crippen molar-refractivity contribution in [3.8, 4) is 0 Å². The van der Waals surface area contributed by atoms with Crippen LogP contribution >= 0.6 is 0 Å². The molecule has 1 rings (SSSR count). The quantitative estimate of drug-likeness (QED) is 0.266. The molecule has 132 valence electrons. The van der Waals surface area contributed by atoms with Gasteiger partial charge in [-0.25, -0.2) is 0 Å². The lowest BCUT2D eigenvalue weighted by atomic mass is 10.0. The minimum absolute atomic E-state index is 1.16. The summed E-state index contributed by atoms with van der Waals surface area (Å²) in [4.78, 5) is 0. The van der Waals surface area contributed by atoms with Gasteiger partial charge in [-0.2, -0.15) is 0 Å². The van der Waals surface area contributed by atoms with Gasteiger partial charge in [-0.15, -0.1) is 0 Å². The normalized spacial score (nSPS) is 14.0. The van der Waals surface area contributed by atoms with Crippen molar-refractivity contribution in [3.63, 3.8) is 0 Å². The molecule has 0 saturated carbocycles. The van der Waals surface area contributed by atoms with Crippen LogP contribution in [0.4, 0.5) is 0 Å². The topological polar surface area (TPSA) is 0 Å². The molecule has 0 unspecified atom stereocenters. The van der Waals surface area contributed by atoms with E-state index in [-0.39, 0.29) is 0 Å². The first-order valence-electron chi connectivity index (χ1n) is 10.3. The van der Waals surface area contributed by atoms with Crippen molar-refractivity contribution in [2.24, 2.45) is 0 Å². The zero-order valence-corrected chi connectivity index (χ0v) is 16.0. The highest BCUT2D eigenvalue weighted by molar-refractivity contribution is 5.40. The van der Waals surface area contributed by atoms with Gasteiger partial charge in [0.1, 0.15) is 0 Å². The Hall–Kier alpha value is -0.780. The minimum atomic E-state index is 1.16. The lowest BCUT2D eigenvalue weighted by Gasteiger charge is -2.05. The van der Waals surface area contributed by atoms with Crippen molar-refractivity contribution >= 4 is 0 Å². The summed E-state index contributed by atoms with van der Waals surface area (Å²) in [6.45, 7) is 8.45. The van der Waals surface area contributed by atoms with Crippen molar-refractivity contribution in [1.82, 2.24) is 0 Å². The fourth-order valence-corrected chi connectivity index (χ4v) is 3.42. The van der Waals surface area contributed by atoms with Gasteiger partial charge >= 0.3 is 0 Å². The first-order chi connectivity index (χ1) is 11.2. The lowest BCUT2D eigenvalue weighted by Crippen LogP contribution is -1.86. The third-order valence-corrected chi connectivity index (χ3v) is 5.09. The summed E-state index contributed by atoms with van der Waals surface area (Å²) in [6.07, 6.45) is 25.8. The molecule has 0 atom stereocenters. The van der Waals surface area contributed by atoms with Gasteiger partial charge in [-0.1, -0.05) is 114 Å². The first-order valence-corrected chi connectivity index (χ1v) is 10.3. The van der Waals surface area contributed by atoms with Gasteiger partial charge in [-0.05, 0) is 31.8 Å². The highest BCUT2D eigenvalue weighted by Crippen LogP contribution is 2.27. The fraction of sp³-hybridized carbons (Fsp3) is 0.739. The molecule has 0 fully saturated rings. The van der Waals surface area contributed by atoms with Crippen LogP contribution in [0.15, 0.2) is 35.5 Å². The van der Waals surface area contributed by atoms with E-state index in [4.69, 9.17) is 0 Å². The fourth-order valence-electron chi connectivity index (χ4n) is 3.42.